The van der Waals surface area contributed by atoms with Crippen LogP contribution in [0.5, 0.6) is 0 Å². The van der Waals surface area contributed by atoms with Gasteiger partial charge in [0.2, 0.25) is 0 Å². The van der Waals surface area contributed by atoms with E-state index in [0.29, 0.717) is 16.5 Å². The Labute approximate surface area is 125 Å². The molecule has 0 radical (unpaired) electrons. The highest BCUT2D eigenvalue weighted by Crippen LogP contribution is 2.38. The van der Waals surface area contributed by atoms with E-state index in [2.05, 4.69) is 12.3 Å². The summed E-state index contributed by atoms with van der Waals surface area (Å²) in [5, 5.41) is 0.425. The van der Waals surface area contributed by atoms with Gasteiger partial charge in [0.25, 0.3) is 0 Å². The van der Waals surface area contributed by atoms with Gasteiger partial charge in [0.15, 0.2) is 0 Å². The van der Waals surface area contributed by atoms with Crippen molar-refractivity contribution in [2.75, 3.05) is 0 Å². The van der Waals surface area contributed by atoms with Crippen LogP contribution in [0.25, 0.3) is 0 Å². The largest absolute Gasteiger partial charge is 0.271 e. The number of nitrogens with one attached hydrogen (secondary N) is 1. The van der Waals surface area contributed by atoms with Crippen LogP contribution < -0.4 is 11.3 Å². The van der Waals surface area contributed by atoms with Crippen molar-refractivity contribution in [3.8, 4) is 0 Å². The van der Waals surface area contributed by atoms with Gasteiger partial charge in [-0.1, -0.05) is 50.3 Å². The minimum Gasteiger partial charge on any atom is -0.271 e. The van der Waals surface area contributed by atoms with Gasteiger partial charge in [-0.25, -0.2) is 4.39 Å². The predicted molar refractivity (Wildman–Crippen MR) is 81.8 cm³/mol. The van der Waals surface area contributed by atoms with Crippen molar-refractivity contribution < 1.29 is 4.39 Å². The van der Waals surface area contributed by atoms with Gasteiger partial charge < -0.3 is 0 Å². The molecule has 0 heterocycles. The van der Waals surface area contributed by atoms with Crippen molar-refractivity contribution in [3.05, 3.63) is 34.6 Å². The second-order valence-corrected chi connectivity index (χ2v) is 6.32. The van der Waals surface area contributed by atoms with E-state index in [0.717, 1.165) is 18.8 Å². The maximum Gasteiger partial charge on any atom is 0.129 e. The van der Waals surface area contributed by atoms with Crippen molar-refractivity contribution in [3.63, 3.8) is 0 Å². The molecule has 0 aromatic heterocycles. The molecule has 1 aliphatic carbocycles. The molecule has 4 heteroatoms. The smallest absolute Gasteiger partial charge is 0.129 e. The van der Waals surface area contributed by atoms with E-state index >= 15 is 0 Å². The summed E-state index contributed by atoms with van der Waals surface area (Å²) >= 11 is 5.81. The van der Waals surface area contributed by atoms with Crippen LogP contribution in [0.2, 0.25) is 5.02 Å². The summed E-state index contributed by atoms with van der Waals surface area (Å²) in [5.41, 5.74) is 3.45. The first-order chi connectivity index (χ1) is 9.65. The second kappa shape index (κ2) is 7.39. The van der Waals surface area contributed by atoms with Crippen molar-refractivity contribution in [1.29, 1.82) is 0 Å². The molecule has 1 atom stereocenters. The van der Waals surface area contributed by atoms with Gasteiger partial charge in [-0.05, 0) is 36.8 Å². The SMILES string of the molecule is CCCC1CCC(C(NN)c2ccc(Cl)cc2F)CC1. The molecular weight excluding hydrogens is 275 g/mol. The van der Waals surface area contributed by atoms with Crippen LogP contribution in [0.4, 0.5) is 4.39 Å². The molecule has 0 spiro atoms. The van der Waals surface area contributed by atoms with Crippen LogP contribution >= 0.6 is 11.6 Å². The monoisotopic (exact) mass is 298 g/mol. The third kappa shape index (κ3) is 3.72. The summed E-state index contributed by atoms with van der Waals surface area (Å²) in [6.45, 7) is 2.24. The van der Waals surface area contributed by atoms with Crippen LogP contribution in [-0.2, 0) is 0 Å². The molecule has 1 fully saturated rings. The molecule has 0 saturated heterocycles. The zero-order chi connectivity index (χ0) is 14.5. The number of hydrogen-bond acceptors (Lipinski definition) is 2. The Bertz CT molecular complexity index is 430. The fourth-order valence-corrected chi connectivity index (χ4v) is 3.61. The Morgan fingerprint density at radius 3 is 2.60 bits per heavy atom. The normalized spacial score (nSPS) is 24.6. The fraction of sp³-hybridized carbons (Fsp3) is 0.625. The predicted octanol–water partition coefficient (Wildman–Crippen LogP) is 4.59. The van der Waals surface area contributed by atoms with Gasteiger partial charge in [0.05, 0.1) is 6.04 Å². The molecule has 1 saturated carbocycles. The zero-order valence-corrected chi connectivity index (χ0v) is 12.8. The molecule has 112 valence electrons. The summed E-state index contributed by atoms with van der Waals surface area (Å²) in [4.78, 5) is 0. The summed E-state index contributed by atoms with van der Waals surface area (Å²) in [6.07, 6.45) is 7.24. The molecule has 3 N–H and O–H groups in total. The Balaban J connectivity index is 2.05. The lowest BCUT2D eigenvalue weighted by atomic mass is 9.75. The Kier molecular flexibility index (Phi) is 5.82. The summed E-state index contributed by atoms with van der Waals surface area (Å²) in [7, 11) is 0. The number of hydrazine groups is 1. The number of halogens is 2. The molecule has 0 aliphatic heterocycles. The molecular formula is C16H24ClFN2. The first-order valence-electron chi connectivity index (χ1n) is 7.56. The van der Waals surface area contributed by atoms with Crippen molar-refractivity contribution in [1.82, 2.24) is 5.43 Å². The number of nitrogens with two attached hydrogens (primary N) is 1. The van der Waals surface area contributed by atoms with E-state index in [1.807, 2.05) is 0 Å². The highest BCUT2D eigenvalue weighted by molar-refractivity contribution is 6.30. The number of rotatable bonds is 5. The van der Waals surface area contributed by atoms with E-state index in [9.17, 15) is 4.39 Å². The molecule has 1 aromatic carbocycles. The van der Waals surface area contributed by atoms with Gasteiger partial charge in [0.1, 0.15) is 5.82 Å². The zero-order valence-electron chi connectivity index (χ0n) is 12.0. The van der Waals surface area contributed by atoms with Crippen LogP contribution in [0.1, 0.15) is 57.1 Å². The molecule has 0 amide bonds. The molecule has 2 nitrogen and oxygen atoms in total. The van der Waals surface area contributed by atoms with Gasteiger partial charge in [-0.15, -0.1) is 0 Å². The number of benzene rings is 1. The van der Waals surface area contributed by atoms with Crippen LogP contribution in [0, 0.1) is 17.7 Å². The average Bonchev–Trinajstić information content (AvgIpc) is 2.44. The third-order valence-electron chi connectivity index (χ3n) is 4.54. The van der Waals surface area contributed by atoms with Crippen LogP contribution in [-0.4, -0.2) is 0 Å². The molecule has 2 rings (SSSR count). The maximum absolute atomic E-state index is 14.1. The van der Waals surface area contributed by atoms with E-state index in [1.165, 1.54) is 31.7 Å². The van der Waals surface area contributed by atoms with E-state index < -0.39 is 0 Å². The van der Waals surface area contributed by atoms with Gasteiger partial charge in [-0.3, -0.25) is 11.3 Å². The molecule has 1 aliphatic rings. The first-order valence-corrected chi connectivity index (χ1v) is 7.94. The van der Waals surface area contributed by atoms with Gasteiger partial charge >= 0.3 is 0 Å². The minimum absolute atomic E-state index is 0.116. The molecule has 1 unspecified atom stereocenters. The van der Waals surface area contributed by atoms with Gasteiger partial charge in [0, 0.05) is 10.6 Å². The second-order valence-electron chi connectivity index (χ2n) is 5.88. The highest BCUT2D eigenvalue weighted by atomic mass is 35.5. The summed E-state index contributed by atoms with van der Waals surface area (Å²) in [5.74, 6) is 6.66. The fourth-order valence-electron chi connectivity index (χ4n) is 3.45. The quantitative estimate of drug-likeness (QED) is 0.616. The van der Waals surface area contributed by atoms with Crippen LogP contribution in [0.15, 0.2) is 18.2 Å². The average molecular weight is 299 g/mol. The molecule has 20 heavy (non-hydrogen) atoms. The Hall–Kier alpha value is -0.640. The Morgan fingerprint density at radius 1 is 1.35 bits per heavy atom. The van der Waals surface area contributed by atoms with Crippen molar-refractivity contribution >= 4 is 11.6 Å². The summed E-state index contributed by atoms with van der Waals surface area (Å²) < 4.78 is 14.1. The van der Waals surface area contributed by atoms with Crippen molar-refractivity contribution in [2.45, 2.75) is 51.5 Å². The lowest BCUT2D eigenvalue weighted by Gasteiger charge is -2.34. The maximum atomic E-state index is 14.1. The topological polar surface area (TPSA) is 38.0 Å². The standard InChI is InChI=1S/C16H24ClFN2/c1-2-3-11-4-6-12(7-5-11)16(20-19)14-9-8-13(17)10-15(14)18/h8-12,16,20H,2-7,19H2,1H3. The first kappa shape index (κ1) is 15.7. The molecule has 1 aromatic rings. The molecule has 0 bridgehead atoms. The third-order valence-corrected chi connectivity index (χ3v) is 4.77. The number of hydrogen-bond donors (Lipinski definition) is 2. The van der Waals surface area contributed by atoms with Crippen LogP contribution in [0.3, 0.4) is 0 Å². The van der Waals surface area contributed by atoms with E-state index in [1.54, 1.807) is 12.1 Å². The van der Waals surface area contributed by atoms with Gasteiger partial charge in [-0.2, -0.15) is 0 Å². The Morgan fingerprint density at radius 2 is 2.05 bits per heavy atom. The van der Waals surface area contributed by atoms with Crippen molar-refractivity contribution in [2.24, 2.45) is 17.7 Å². The minimum atomic E-state index is -0.267. The van der Waals surface area contributed by atoms with E-state index in [4.69, 9.17) is 17.4 Å². The van der Waals surface area contributed by atoms with E-state index in [-0.39, 0.29) is 11.9 Å². The summed E-state index contributed by atoms with van der Waals surface area (Å²) in [6, 6.07) is 4.73. The highest BCUT2D eigenvalue weighted by Gasteiger charge is 2.29. The lowest BCUT2D eigenvalue weighted by Crippen LogP contribution is -2.36. The lowest BCUT2D eigenvalue weighted by molar-refractivity contribution is 0.212.